The van der Waals surface area contributed by atoms with Gasteiger partial charge in [-0.3, -0.25) is 9.48 Å². The van der Waals surface area contributed by atoms with Gasteiger partial charge >= 0.3 is 5.97 Å². The van der Waals surface area contributed by atoms with Gasteiger partial charge in [-0.05, 0) is 32.0 Å². The van der Waals surface area contributed by atoms with Crippen LogP contribution >= 0.6 is 15.9 Å². The second-order valence-electron chi connectivity index (χ2n) is 4.61. The molecule has 1 aromatic heterocycles. The minimum absolute atomic E-state index is 0.0708. The Balaban J connectivity index is 2.35. The highest BCUT2D eigenvalue weighted by atomic mass is 79.9. The molecule has 0 aliphatic carbocycles. The SMILES string of the molecule is Cc1nn(Cc2cc(Br)ccc2F)c(C)c1CC(=O)O. The number of aryl methyl sites for hydroxylation is 1. The Morgan fingerprint density at radius 3 is 2.80 bits per heavy atom. The molecule has 1 heterocycles. The molecule has 0 fully saturated rings. The second kappa shape index (κ2) is 5.75. The highest BCUT2D eigenvalue weighted by Crippen LogP contribution is 2.19. The van der Waals surface area contributed by atoms with Crippen molar-refractivity contribution in [2.75, 3.05) is 0 Å². The number of rotatable bonds is 4. The number of carboxylic acids is 1. The predicted octanol–water partition coefficient (Wildman–Crippen LogP) is 3.08. The van der Waals surface area contributed by atoms with Crippen LogP contribution in [0.4, 0.5) is 4.39 Å². The maximum absolute atomic E-state index is 13.7. The van der Waals surface area contributed by atoms with Gasteiger partial charge in [-0.2, -0.15) is 5.10 Å². The summed E-state index contributed by atoms with van der Waals surface area (Å²) in [5, 5.41) is 13.2. The summed E-state index contributed by atoms with van der Waals surface area (Å²) in [6, 6.07) is 4.72. The summed E-state index contributed by atoms with van der Waals surface area (Å²) in [5.41, 5.74) is 2.62. The lowest BCUT2D eigenvalue weighted by molar-refractivity contribution is -0.136. The molecule has 0 radical (unpaired) electrons. The summed E-state index contributed by atoms with van der Waals surface area (Å²) in [5.74, 6) is -1.20. The third-order valence-corrected chi connectivity index (χ3v) is 3.68. The van der Waals surface area contributed by atoms with Gasteiger partial charge in [0.1, 0.15) is 5.82 Å². The third kappa shape index (κ3) is 3.07. The fourth-order valence-corrected chi connectivity index (χ4v) is 2.53. The molecule has 106 valence electrons. The van der Waals surface area contributed by atoms with Gasteiger partial charge in [0.25, 0.3) is 0 Å². The fraction of sp³-hybridized carbons (Fsp3) is 0.286. The highest BCUT2D eigenvalue weighted by molar-refractivity contribution is 9.10. The Morgan fingerprint density at radius 1 is 1.45 bits per heavy atom. The van der Waals surface area contributed by atoms with E-state index in [2.05, 4.69) is 21.0 Å². The van der Waals surface area contributed by atoms with Crippen LogP contribution in [-0.4, -0.2) is 20.9 Å². The molecule has 0 aliphatic heterocycles. The van der Waals surface area contributed by atoms with Crippen LogP contribution in [-0.2, 0) is 17.8 Å². The summed E-state index contributed by atoms with van der Waals surface area (Å²) < 4.78 is 16.2. The van der Waals surface area contributed by atoms with Gasteiger partial charge in [0.2, 0.25) is 0 Å². The number of carbonyl (C=O) groups is 1. The molecule has 0 spiro atoms. The topological polar surface area (TPSA) is 55.1 Å². The molecule has 0 saturated carbocycles. The van der Waals surface area contributed by atoms with Crippen molar-refractivity contribution in [2.45, 2.75) is 26.8 Å². The van der Waals surface area contributed by atoms with Crippen LogP contribution in [0.25, 0.3) is 0 Å². The van der Waals surface area contributed by atoms with Crippen molar-refractivity contribution >= 4 is 21.9 Å². The van der Waals surface area contributed by atoms with Crippen LogP contribution in [0.5, 0.6) is 0 Å². The monoisotopic (exact) mass is 340 g/mol. The molecule has 4 nitrogen and oxygen atoms in total. The average molecular weight is 341 g/mol. The van der Waals surface area contributed by atoms with Gasteiger partial charge in [-0.1, -0.05) is 15.9 Å². The molecule has 0 unspecified atom stereocenters. The van der Waals surface area contributed by atoms with E-state index in [-0.39, 0.29) is 18.8 Å². The summed E-state index contributed by atoms with van der Waals surface area (Å²) in [6.45, 7) is 3.84. The van der Waals surface area contributed by atoms with Gasteiger partial charge in [-0.15, -0.1) is 0 Å². The van der Waals surface area contributed by atoms with Crippen LogP contribution in [0.1, 0.15) is 22.5 Å². The first-order chi connectivity index (χ1) is 9.38. The summed E-state index contributed by atoms with van der Waals surface area (Å²) in [4.78, 5) is 10.8. The molecular weight excluding hydrogens is 327 g/mol. The van der Waals surface area contributed by atoms with Crippen molar-refractivity contribution in [1.29, 1.82) is 0 Å². The minimum atomic E-state index is -0.899. The Labute approximate surface area is 124 Å². The molecule has 0 saturated heterocycles. The van der Waals surface area contributed by atoms with Gasteiger partial charge < -0.3 is 5.11 Å². The molecular formula is C14H14BrFN2O2. The van der Waals surface area contributed by atoms with E-state index in [9.17, 15) is 9.18 Å². The lowest BCUT2D eigenvalue weighted by Crippen LogP contribution is -2.07. The third-order valence-electron chi connectivity index (χ3n) is 3.19. The van der Waals surface area contributed by atoms with Crippen molar-refractivity contribution in [3.05, 3.63) is 51.0 Å². The molecule has 1 aromatic carbocycles. The first-order valence-electron chi connectivity index (χ1n) is 6.07. The van der Waals surface area contributed by atoms with Crippen molar-refractivity contribution in [3.8, 4) is 0 Å². The molecule has 2 aromatic rings. The number of hydrogen-bond donors (Lipinski definition) is 1. The maximum atomic E-state index is 13.7. The van der Waals surface area contributed by atoms with Crippen LogP contribution < -0.4 is 0 Å². The van der Waals surface area contributed by atoms with Crippen LogP contribution in [0.2, 0.25) is 0 Å². The predicted molar refractivity (Wildman–Crippen MR) is 76.2 cm³/mol. The molecule has 1 N–H and O–H groups in total. The van der Waals surface area contributed by atoms with E-state index in [4.69, 9.17) is 5.11 Å². The van der Waals surface area contributed by atoms with Gasteiger partial charge in [-0.25, -0.2) is 4.39 Å². The number of hydrogen-bond acceptors (Lipinski definition) is 2. The van der Waals surface area contributed by atoms with Gasteiger partial charge in [0, 0.05) is 21.3 Å². The largest absolute Gasteiger partial charge is 0.481 e. The summed E-state index contributed by atoms with van der Waals surface area (Å²) in [6.07, 6.45) is -0.0708. The van der Waals surface area contributed by atoms with Crippen LogP contribution in [0.15, 0.2) is 22.7 Å². The van der Waals surface area contributed by atoms with E-state index < -0.39 is 5.97 Å². The lowest BCUT2D eigenvalue weighted by atomic mass is 10.1. The number of carboxylic acid groups (broad SMARTS) is 1. The van der Waals surface area contributed by atoms with E-state index in [1.165, 1.54) is 6.07 Å². The first kappa shape index (κ1) is 14.7. The molecule has 6 heteroatoms. The zero-order chi connectivity index (χ0) is 14.9. The molecule has 2 rings (SSSR count). The number of nitrogens with zero attached hydrogens (tertiary/aromatic N) is 2. The molecule has 0 amide bonds. The van der Waals surface area contributed by atoms with Crippen molar-refractivity contribution < 1.29 is 14.3 Å². The van der Waals surface area contributed by atoms with E-state index in [1.807, 2.05) is 0 Å². The fourth-order valence-electron chi connectivity index (χ4n) is 2.12. The molecule has 0 bridgehead atoms. The van der Waals surface area contributed by atoms with Crippen molar-refractivity contribution in [3.63, 3.8) is 0 Å². The van der Waals surface area contributed by atoms with Crippen LogP contribution in [0, 0.1) is 19.7 Å². The number of aliphatic carboxylic acids is 1. The van der Waals surface area contributed by atoms with E-state index in [0.717, 1.165) is 10.2 Å². The van der Waals surface area contributed by atoms with Gasteiger partial charge in [0.05, 0.1) is 18.7 Å². The highest BCUT2D eigenvalue weighted by Gasteiger charge is 2.15. The Bertz CT molecular complexity index is 667. The van der Waals surface area contributed by atoms with Gasteiger partial charge in [0.15, 0.2) is 0 Å². The van der Waals surface area contributed by atoms with E-state index in [1.54, 1.807) is 30.7 Å². The number of halogens is 2. The maximum Gasteiger partial charge on any atom is 0.307 e. The van der Waals surface area contributed by atoms with Crippen molar-refractivity contribution in [1.82, 2.24) is 9.78 Å². The Morgan fingerprint density at radius 2 is 2.15 bits per heavy atom. The number of benzene rings is 1. The lowest BCUT2D eigenvalue weighted by Gasteiger charge is -2.07. The summed E-state index contributed by atoms with van der Waals surface area (Å²) in [7, 11) is 0. The number of aromatic nitrogens is 2. The average Bonchev–Trinajstić information content (AvgIpc) is 2.61. The Hall–Kier alpha value is -1.69. The zero-order valence-electron chi connectivity index (χ0n) is 11.2. The standard InChI is InChI=1S/C14H14BrFN2O2/c1-8-12(6-14(19)20)9(2)18(17-8)7-10-5-11(15)3-4-13(10)16/h3-5H,6-7H2,1-2H3,(H,19,20). The minimum Gasteiger partial charge on any atom is -0.481 e. The smallest absolute Gasteiger partial charge is 0.307 e. The molecule has 20 heavy (non-hydrogen) atoms. The molecule has 0 aliphatic rings. The Kier molecular flexibility index (Phi) is 4.23. The van der Waals surface area contributed by atoms with E-state index >= 15 is 0 Å². The van der Waals surface area contributed by atoms with Crippen molar-refractivity contribution in [2.24, 2.45) is 0 Å². The quantitative estimate of drug-likeness (QED) is 0.930. The normalized spacial score (nSPS) is 10.8. The van der Waals surface area contributed by atoms with E-state index in [0.29, 0.717) is 16.8 Å². The zero-order valence-corrected chi connectivity index (χ0v) is 12.7. The van der Waals surface area contributed by atoms with Crippen LogP contribution in [0.3, 0.4) is 0 Å². The second-order valence-corrected chi connectivity index (χ2v) is 5.53. The molecule has 0 atom stereocenters. The summed E-state index contributed by atoms with van der Waals surface area (Å²) >= 11 is 3.31. The first-order valence-corrected chi connectivity index (χ1v) is 6.86.